The summed E-state index contributed by atoms with van der Waals surface area (Å²) in [6.07, 6.45) is 8.01. The number of nitrogen functional groups attached to an aromatic ring is 2. The predicted octanol–water partition coefficient (Wildman–Crippen LogP) is 11.9. The molecule has 0 aliphatic heterocycles. The Morgan fingerprint density at radius 1 is 0.408 bits per heavy atom. The van der Waals surface area contributed by atoms with E-state index in [2.05, 4.69) is 103 Å². The Balaban J connectivity index is 0.612. The molecule has 0 bridgehead atoms. The smallest absolute Gasteiger partial charge is 0.251 e. The molecule has 382 valence electrons. The SMILES string of the molecule is Cc1cc2nc3ccc(NCCCCCCNC(=O)c4ccc(-c5ccc(C(=O)NCCCCCCNc6ccc7nc8cc(C)c(N)cc8[n+](-c8ccccc8)c7c6)cc5)cc4)cc3[n+](-c3ccccc3)c2cc1N. The third-order valence-corrected chi connectivity index (χ3v) is 14.2. The molecule has 8 aromatic carbocycles. The quantitative estimate of drug-likeness (QED) is 0.0179. The van der Waals surface area contributed by atoms with Crippen molar-refractivity contribution in [2.45, 2.75) is 65.2 Å². The third-order valence-electron chi connectivity index (χ3n) is 14.2. The van der Waals surface area contributed by atoms with Gasteiger partial charge in [-0.15, -0.1) is 9.13 Å². The second kappa shape index (κ2) is 23.5. The van der Waals surface area contributed by atoms with Crippen molar-refractivity contribution < 1.29 is 18.7 Å². The van der Waals surface area contributed by atoms with Crippen LogP contribution >= 0.6 is 0 Å². The molecule has 2 aromatic heterocycles. The number of hydrogen-bond acceptors (Lipinski definition) is 8. The zero-order chi connectivity index (χ0) is 52.4. The summed E-state index contributed by atoms with van der Waals surface area (Å²) >= 11 is 0. The van der Waals surface area contributed by atoms with E-state index in [0.29, 0.717) is 24.2 Å². The van der Waals surface area contributed by atoms with Crippen LogP contribution in [0.3, 0.4) is 0 Å². The van der Waals surface area contributed by atoms with Gasteiger partial charge in [0, 0.05) is 109 Å². The number of amides is 2. The van der Waals surface area contributed by atoms with Gasteiger partial charge in [0.25, 0.3) is 11.8 Å². The number of anilines is 4. The van der Waals surface area contributed by atoms with E-state index in [0.717, 1.165) is 165 Å². The van der Waals surface area contributed by atoms with Gasteiger partial charge in [-0.3, -0.25) is 9.59 Å². The molecule has 10 aromatic rings. The molecule has 0 atom stereocenters. The van der Waals surface area contributed by atoms with E-state index in [1.165, 1.54) is 0 Å². The molecule has 2 amide bonds. The number of nitrogens with two attached hydrogens (primary N) is 2. The Bertz CT molecular complexity index is 3440. The van der Waals surface area contributed by atoms with Gasteiger partial charge >= 0.3 is 0 Å². The largest absolute Gasteiger partial charge is 0.398 e. The number of unbranched alkanes of at least 4 members (excludes halogenated alkanes) is 6. The van der Waals surface area contributed by atoms with Gasteiger partial charge in [0.2, 0.25) is 33.4 Å². The second-order valence-electron chi connectivity index (χ2n) is 19.7. The maximum atomic E-state index is 13.0. The molecular weight excluding hydrogens is 941 g/mol. The van der Waals surface area contributed by atoms with Gasteiger partial charge in [-0.05, 0) is 122 Å². The third kappa shape index (κ3) is 11.7. The van der Waals surface area contributed by atoms with E-state index in [9.17, 15) is 9.59 Å². The maximum absolute atomic E-state index is 13.0. The Morgan fingerprint density at radius 2 is 0.776 bits per heavy atom. The van der Waals surface area contributed by atoms with Crippen molar-refractivity contribution in [2.75, 3.05) is 48.3 Å². The van der Waals surface area contributed by atoms with Crippen molar-refractivity contribution in [2.24, 2.45) is 0 Å². The van der Waals surface area contributed by atoms with Gasteiger partial charge in [0.15, 0.2) is 0 Å². The highest BCUT2D eigenvalue weighted by atomic mass is 16.2. The molecule has 8 N–H and O–H groups in total. The summed E-state index contributed by atoms with van der Waals surface area (Å²) < 4.78 is 4.47. The molecule has 0 saturated carbocycles. The molecule has 0 radical (unpaired) electrons. The fraction of sp³-hybridized carbons (Fsp3) is 0.219. The summed E-state index contributed by atoms with van der Waals surface area (Å²) in [5, 5.41) is 13.4. The number of carbonyl (C=O) groups is 2. The minimum Gasteiger partial charge on any atom is -0.398 e. The molecule has 12 nitrogen and oxygen atoms in total. The number of aromatic nitrogens is 4. The Kier molecular flexibility index (Phi) is 15.7. The molecule has 10 rings (SSSR count). The summed E-state index contributed by atoms with van der Waals surface area (Å²) in [5.74, 6) is -0.152. The van der Waals surface area contributed by atoms with Gasteiger partial charge in [-0.1, -0.05) is 86.3 Å². The Hall–Kier alpha value is -8.90. The monoisotopic (exact) mass is 1010 g/mol. The van der Waals surface area contributed by atoms with Crippen molar-refractivity contribution in [1.29, 1.82) is 0 Å². The standard InChI is InChI=1S/C64H64N10O2/c1-43-37-57-61(41-53(43)65)73(51-17-9-7-10-18-51)59-39-49(29-31-55(59)71-57)67-33-13-3-5-15-35-69-63(75)47-25-21-45(22-26-47)46-23-27-48(28-24-46)64(76)70-36-16-6-4-14-34-68-50-30-32-56-60(40-50)74(52-19-11-8-12-20-52)62-42-54(66)44(2)38-58(62)72-56/h7-12,17-32,37-42H,3-6,13-16,33-36H2,1-2H3,(H6,65,66,67,68,69,70,75,76)/p+2. The molecule has 0 unspecified atom stereocenters. The normalized spacial score (nSPS) is 11.3. The van der Waals surface area contributed by atoms with Crippen LogP contribution < -0.4 is 41.9 Å². The van der Waals surface area contributed by atoms with E-state index < -0.39 is 0 Å². The number of fused-ring (bicyclic) bond motifs is 4. The number of benzene rings is 8. The van der Waals surface area contributed by atoms with Crippen LogP contribution in [0.5, 0.6) is 0 Å². The number of carbonyl (C=O) groups excluding carboxylic acids is 2. The van der Waals surface area contributed by atoms with E-state index in [-0.39, 0.29) is 11.8 Å². The predicted molar refractivity (Wildman–Crippen MR) is 310 cm³/mol. The summed E-state index contributed by atoms with van der Waals surface area (Å²) in [6, 6.07) is 56.7. The maximum Gasteiger partial charge on any atom is 0.251 e. The van der Waals surface area contributed by atoms with Crippen LogP contribution in [0, 0.1) is 13.8 Å². The average Bonchev–Trinajstić information content (AvgIpc) is 3.46. The van der Waals surface area contributed by atoms with Crippen molar-refractivity contribution in [3.8, 4) is 22.5 Å². The van der Waals surface area contributed by atoms with Crippen LogP contribution in [-0.4, -0.2) is 48.0 Å². The number of nitrogens with zero attached hydrogens (tertiary/aromatic N) is 4. The van der Waals surface area contributed by atoms with Crippen LogP contribution in [0.4, 0.5) is 22.7 Å². The first-order valence-corrected chi connectivity index (χ1v) is 26.6. The van der Waals surface area contributed by atoms with Crippen molar-refractivity contribution in [3.05, 3.63) is 192 Å². The summed E-state index contributed by atoms with van der Waals surface area (Å²) in [5.41, 5.74) is 31.3. The van der Waals surface area contributed by atoms with E-state index in [4.69, 9.17) is 21.4 Å². The average molecular weight is 1010 g/mol. The number of rotatable bonds is 21. The van der Waals surface area contributed by atoms with Gasteiger partial charge in [-0.25, -0.2) is 9.97 Å². The van der Waals surface area contributed by atoms with Gasteiger partial charge in [-0.2, -0.15) is 0 Å². The summed E-state index contributed by atoms with van der Waals surface area (Å²) in [6.45, 7) is 6.97. The minimum absolute atomic E-state index is 0.0760. The van der Waals surface area contributed by atoms with E-state index >= 15 is 0 Å². The fourth-order valence-electron chi connectivity index (χ4n) is 9.88. The first-order chi connectivity index (χ1) is 37.2. The van der Waals surface area contributed by atoms with Gasteiger partial charge in [0.05, 0.1) is 0 Å². The number of para-hydroxylation sites is 2. The lowest BCUT2D eigenvalue weighted by molar-refractivity contribution is -0.538. The Morgan fingerprint density at radius 3 is 1.17 bits per heavy atom. The summed E-state index contributed by atoms with van der Waals surface area (Å²) in [4.78, 5) is 35.9. The van der Waals surface area contributed by atoms with Crippen molar-refractivity contribution >= 4 is 78.7 Å². The van der Waals surface area contributed by atoms with Crippen LogP contribution in [0.2, 0.25) is 0 Å². The number of hydrogen-bond donors (Lipinski definition) is 6. The molecule has 0 aliphatic rings. The van der Waals surface area contributed by atoms with Crippen molar-refractivity contribution in [1.82, 2.24) is 20.6 Å². The van der Waals surface area contributed by atoms with Crippen molar-refractivity contribution in [3.63, 3.8) is 0 Å². The van der Waals surface area contributed by atoms with Crippen LogP contribution in [-0.2, 0) is 0 Å². The Labute approximate surface area is 444 Å². The molecule has 2 heterocycles. The number of aryl methyl sites for hydroxylation is 2. The molecule has 12 heteroatoms. The molecular formula is C64H66N10O2+2. The zero-order valence-corrected chi connectivity index (χ0v) is 43.4. The number of nitrogens with one attached hydrogen (secondary N) is 4. The van der Waals surface area contributed by atoms with Gasteiger partial charge < -0.3 is 32.7 Å². The van der Waals surface area contributed by atoms with Gasteiger partial charge in [0.1, 0.15) is 22.1 Å². The lowest BCUT2D eigenvalue weighted by atomic mass is 10.0. The molecule has 0 saturated heterocycles. The zero-order valence-electron chi connectivity index (χ0n) is 43.4. The molecule has 0 fully saturated rings. The summed E-state index contributed by atoms with van der Waals surface area (Å²) in [7, 11) is 0. The van der Waals surface area contributed by atoms with Crippen LogP contribution in [0.25, 0.3) is 66.6 Å². The lowest BCUT2D eigenvalue weighted by Crippen LogP contribution is -2.33. The molecule has 76 heavy (non-hydrogen) atoms. The van der Waals surface area contributed by atoms with Crippen LogP contribution in [0.1, 0.15) is 83.2 Å². The highest BCUT2D eigenvalue weighted by Gasteiger charge is 2.23. The minimum atomic E-state index is -0.0760. The molecule has 0 spiro atoms. The first-order valence-electron chi connectivity index (χ1n) is 26.6. The van der Waals surface area contributed by atoms with E-state index in [1.54, 1.807) is 0 Å². The highest BCUT2D eigenvalue weighted by Crippen LogP contribution is 2.27. The highest BCUT2D eigenvalue weighted by molar-refractivity contribution is 5.96. The molecule has 0 aliphatic carbocycles. The fourth-order valence-corrected chi connectivity index (χ4v) is 9.88. The van der Waals surface area contributed by atoms with E-state index in [1.807, 2.05) is 111 Å². The first kappa shape index (κ1) is 50.6. The topological polar surface area (TPSA) is 168 Å². The second-order valence-corrected chi connectivity index (χ2v) is 19.7. The lowest BCUT2D eigenvalue weighted by Gasteiger charge is -2.10. The van der Waals surface area contributed by atoms with Crippen LogP contribution in [0.15, 0.2) is 170 Å².